The van der Waals surface area contributed by atoms with Gasteiger partial charge in [0.2, 0.25) is 0 Å². The van der Waals surface area contributed by atoms with Crippen molar-refractivity contribution in [3.8, 4) is 0 Å². The van der Waals surface area contributed by atoms with Crippen LogP contribution < -0.4 is 0 Å². The van der Waals surface area contributed by atoms with E-state index in [4.69, 9.17) is 0 Å². The van der Waals surface area contributed by atoms with Gasteiger partial charge in [0, 0.05) is 41.3 Å². The summed E-state index contributed by atoms with van der Waals surface area (Å²) in [6, 6.07) is 14.3. The summed E-state index contributed by atoms with van der Waals surface area (Å²) in [6.45, 7) is 0. The molecule has 2 nitrogen and oxygen atoms in total. The highest BCUT2D eigenvalue weighted by atomic mass is 15.2. The van der Waals surface area contributed by atoms with Crippen molar-refractivity contribution in [2.75, 3.05) is 7.05 Å². The first-order valence-electron chi connectivity index (χ1n) is 7.52. The van der Waals surface area contributed by atoms with Gasteiger partial charge in [-0.25, -0.2) is 0 Å². The zero-order valence-corrected chi connectivity index (χ0v) is 11.5. The van der Waals surface area contributed by atoms with E-state index in [1.54, 1.807) is 0 Å². The standard InChI is InChI=1S/C17H21N2/c1-18-14-6-4-7-15(18)12-16(11-14)19-10-9-13-5-2-3-8-17(13)19/h2-3,5,8,10,14-16H,4,6-7,11-12H2,1H3. The molecule has 2 unspecified atom stereocenters. The van der Waals surface area contributed by atoms with Crippen molar-refractivity contribution in [3.63, 3.8) is 0 Å². The van der Waals surface area contributed by atoms with Gasteiger partial charge in [-0.15, -0.1) is 0 Å². The minimum absolute atomic E-state index is 0.669. The normalized spacial score (nSPS) is 31.7. The van der Waals surface area contributed by atoms with Crippen molar-refractivity contribution < 1.29 is 0 Å². The van der Waals surface area contributed by atoms with Gasteiger partial charge >= 0.3 is 0 Å². The number of para-hydroxylation sites is 1. The van der Waals surface area contributed by atoms with Gasteiger partial charge in [-0.2, -0.15) is 0 Å². The molecule has 3 heterocycles. The molecule has 99 valence electrons. The molecule has 2 aliphatic heterocycles. The summed E-state index contributed by atoms with van der Waals surface area (Å²) >= 11 is 0. The van der Waals surface area contributed by atoms with Crippen molar-refractivity contribution in [2.45, 2.75) is 50.2 Å². The highest BCUT2D eigenvalue weighted by Crippen LogP contribution is 2.39. The van der Waals surface area contributed by atoms with Crippen LogP contribution in [0.15, 0.2) is 30.5 Å². The van der Waals surface area contributed by atoms with E-state index in [1.165, 1.54) is 43.0 Å². The van der Waals surface area contributed by atoms with Crippen LogP contribution in [0.4, 0.5) is 0 Å². The molecule has 2 aliphatic rings. The third-order valence-electron chi connectivity index (χ3n) is 5.25. The maximum Gasteiger partial charge on any atom is 0.0489 e. The largest absolute Gasteiger partial charge is 0.344 e. The Morgan fingerprint density at radius 3 is 2.58 bits per heavy atom. The molecule has 2 aromatic rings. The summed E-state index contributed by atoms with van der Waals surface area (Å²) in [4.78, 5) is 2.63. The number of fused-ring (bicyclic) bond motifs is 3. The molecule has 0 spiro atoms. The van der Waals surface area contributed by atoms with Crippen LogP contribution in [0.3, 0.4) is 0 Å². The van der Waals surface area contributed by atoms with Gasteiger partial charge in [-0.05, 0) is 38.8 Å². The van der Waals surface area contributed by atoms with Gasteiger partial charge in [0.1, 0.15) is 0 Å². The van der Waals surface area contributed by atoms with Crippen molar-refractivity contribution in [3.05, 3.63) is 36.5 Å². The van der Waals surface area contributed by atoms with E-state index >= 15 is 0 Å². The van der Waals surface area contributed by atoms with Crippen molar-refractivity contribution >= 4 is 10.9 Å². The molecule has 1 aromatic carbocycles. The van der Waals surface area contributed by atoms with Crippen LogP contribution in [0.5, 0.6) is 0 Å². The van der Waals surface area contributed by atoms with Crippen LogP contribution in [0.2, 0.25) is 0 Å². The van der Waals surface area contributed by atoms with Crippen LogP contribution in [-0.4, -0.2) is 28.6 Å². The predicted molar refractivity (Wildman–Crippen MR) is 78.2 cm³/mol. The lowest BCUT2D eigenvalue weighted by Crippen LogP contribution is -2.49. The third kappa shape index (κ3) is 1.81. The molecule has 0 amide bonds. The molecule has 4 rings (SSSR count). The van der Waals surface area contributed by atoms with E-state index in [2.05, 4.69) is 53.0 Å². The number of benzene rings is 1. The van der Waals surface area contributed by atoms with E-state index in [-0.39, 0.29) is 0 Å². The van der Waals surface area contributed by atoms with E-state index in [0.717, 1.165) is 12.1 Å². The monoisotopic (exact) mass is 253 g/mol. The molecule has 0 aliphatic carbocycles. The fourth-order valence-electron chi connectivity index (χ4n) is 4.15. The summed E-state index contributed by atoms with van der Waals surface area (Å²) in [5, 5.41) is 1.26. The highest BCUT2D eigenvalue weighted by molar-refractivity contribution is 5.79. The molecule has 2 heteroatoms. The highest BCUT2D eigenvalue weighted by Gasteiger charge is 2.36. The van der Waals surface area contributed by atoms with Gasteiger partial charge in [-0.3, -0.25) is 0 Å². The maximum absolute atomic E-state index is 3.41. The predicted octanol–water partition coefficient (Wildman–Crippen LogP) is 3.63. The minimum Gasteiger partial charge on any atom is -0.344 e. The molecule has 19 heavy (non-hydrogen) atoms. The molecule has 2 atom stereocenters. The smallest absolute Gasteiger partial charge is 0.0489 e. The molecule has 0 N–H and O–H groups in total. The number of hydrogen-bond acceptors (Lipinski definition) is 1. The lowest BCUT2D eigenvalue weighted by Gasteiger charge is -2.47. The zero-order valence-electron chi connectivity index (χ0n) is 11.5. The number of piperidine rings is 2. The van der Waals surface area contributed by atoms with E-state index < -0.39 is 0 Å². The number of aromatic nitrogens is 1. The minimum atomic E-state index is 0.669. The van der Waals surface area contributed by atoms with E-state index in [1.807, 2.05) is 0 Å². The molecular weight excluding hydrogens is 232 g/mol. The van der Waals surface area contributed by atoms with Crippen LogP contribution in [0.1, 0.15) is 38.1 Å². The Hall–Kier alpha value is -1.28. The Morgan fingerprint density at radius 1 is 1.05 bits per heavy atom. The molecule has 2 fully saturated rings. The summed E-state index contributed by atoms with van der Waals surface area (Å²) < 4.78 is 2.48. The molecule has 0 saturated carbocycles. The first-order valence-corrected chi connectivity index (χ1v) is 7.52. The van der Waals surface area contributed by atoms with E-state index in [9.17, 15) is 0 Å². The molecular formula is C17H21N2. The van der Waals surface area contributed by atoms with Crippen molar-refractivity contribution in [1.82, 2.24) is 9.47 Å². The van der Waals surface area contributed by atoms with Gasteiger partial charge < -0.3 is 9.47 Å². The summed E-state index contributed by atoms with van der Waals surface area (Å²) in [7, 11) is 2.32. The Morgan fingerprint density at radius 2 is 1.79 bits per heavy atom. The van der Waals surface area contributed by atoms with Crippen molar-refractivity contribution in [2.24, 2.45) is 0 Å². The Bertz CT molecular complexity index is 572. The fraction of sp³-hybridized carbons (Fsp3) is 0.529. The maximum atomic E-state index is 3.41. The van der Waals surface area contributed by atoms with Crippen LogP contribution in [0, 0.1) is 6.07 Å². The second kappa shape index (κ2) is 4.38. The van der Waals surface area contributed by atoms with Crippen LogP contribution in [0.25, 0.3) is 10.9 Å². The van der Waals surface area contributed by atoms with Gasteiger partial charge in [-0.1, -0.05) is 24.6 Å². The average molecular weight is 253 g/mol. The number of rotatable bonds is 1. The Balaban J connectivity index is 1.69. The Labute approximate surface area is 115 Å². The first-order chi connectivity index (χ1) is 9.33. The van der Waals surface area contributed by atoms with Crippen LogP contribution >= 0.6 is 0 Å². The number of hydrogen-bond donors (Lipinski definition) is 0. The quantitative estimate of drug-likeness (QED) is 0.753. The summed E-state index contributed by atoms with van der Waals surface area (Å²) in [6.07, 6.45) is 8.97. The molecule has 1 aromatic heterocycles. The zero-order chi connectivity index (χ0) is 12.8. The SMILES string of the molecule is CN1C2CCCC1CC(n1c[c]c3ccccc31)C2. The third-order valence-corrected chi connectivity index (χ3v) is 5.25. The fourth-order valence-corrected chi connectivity index (χ4v) is 4.15. The average Bonchev–Trinajstić information content (AvgIpc) is 2.82. The van der Waals surface area contributed by atoms with Crippen LogP contribution in [-0.2, 0) is 0 Å². The first kappa shape index (κ1) is 11.5. The topological polar surface area (TPSA) is 8.17 Å². The second-order valence-corrected chi connectivity index (χ2v) is 6.23. The molecule has 2 bridgehead atoms. The lowest BCUT2D eigenvalue weighted by atomic mass is 9.82. The van der Waals surface area contributed by atoms with Crippen molar-refractivity contribution in [1.29, 1.82) is 0 Å². The Kier molecular flexibility index (Phi) is 2.66. The summed E-state index contributed by atoms with van der Waals surface area (Å²) in [5.74, 6) is 0. The second-order valence-electron chi connectivity index (χ2n) is 6.23. The van der Waals surface area contributed by atoms with Gasteiger partial charge in [0.15, 0.2) is 0 Å². The van der Waals surface area contributed by atoms with Gasteiger partial charge in [0.05, 0.1) is 0 Å². The summed E-state index contributed by atoms with van der Waals surface area (Å²) in [5.41, 5.74) is 1.36. The molecule has 1 radical (unpaired) electrons. The van der Waals surface area contributed by atoms with E-state index in [0.29, 0.717) is 6.04 Å². The van der Waals surface area contributed by atoms with Gasteiger partial charge in [0.25, 0.3) is 0 Å². The lowest BCUT2D eigenvalue weighted by molar-refractivity contribution is 0.0411. The number of nitrogens with zero attached hydrogens (tertiary/aromatic N) is 2. The molecule has 2 saturated heterocycles.